The van der Waals surface area contributed by atoms with Crippen LogP contribution in [-0.4, -0.2) is 21.8 Å². The number of nitrogens with two attached hydrogens (primary N) is 1. The summed E-state index contributed by atoms with van der Waals surface area (Å²) in [5.41, 5.74) is 6.79. The maximum atomic E-state index is 11.8. The minimum atomic E-state index is -0.611. The number of rotatable bonds is 5. The van der Waals surface area contributed by atoms with E-state index in [2.05, 4.69) is 4.98 Å². The Morgan fingerprint density at radius 1 is 1.30 bits per heavy atom. The minimum absolute atomic E-state index is 0.133. The average Bonchev–Trinajstić information content (AvgIpc) is 2.87. The summed E-state index contributed by atoms with van der Waals surface area (Å²) in [6, 6.07) is 11.1. The molecule has 5 nitrogen and oxygen atoms in total. The zero-order chi connectivity index (χ0) is 16.4. The van der Waals surface area contributed by atoms with Crippen LogP contribution in [0.3, 0.4) is 0 Å². The molecule has 0 aliphatic heterocycles. The second-order valence-corrected chi connectivity index (χ2v) is 7.32. The number of amides is 1. The molecule has 2 aromatic heterocycles. The maximum absolute atomic E-state index is 11.8. The number of benzene rings is 1. The number of aromatic amines is 1. The van der Waals surface area contributed by atoms with E-state index in [1.54, 1.807) is 0 Å². The van der Waals surface area contributed by atoms with Gasteiger partial charge < -0.3 is 15.8 Å². The van der Waals surface area contributed by atoms with Gasteiger partial charge in [-0.05, 0) is 12.0 Å². The van der Waals surface area contributed by atoms with Crippen LogP contribution >= 0.6 is 23.1 Å². The Bertz CT molecular complexity index is 916. The molecule has 0 bridgehead atoms. The van der Waals surface area contributed by atoms with Crippen LogP contribution in [0.2, 0.25) is 0 Å². The summed E-state index contributed by atoms with van der Waals surface area (Å²) in [5, 5.41) is 9.90. The van der Waals surface area contributed by atoms with E-state index in [9.17, 15) is 14.7 Å². The Kier molecular flexibility index (Phi) is 4.40. The van der Waals surface area contributed by atoms with Gasteiger partial charge in [-0.25, -0.2) is 0 Å². The van der Waals surface area contributed by atoms with Crippen LogP contribution in [0.1, 0.15) is 15.9 Å². The van der Waals surface area contributed by atoms with Crippen molar-refractivity contribution >= 4 is 39.2 Å². The number of carbonyl (C=O) groups is 1. The van der Waals surface area contributed by atoms with Crippen LogP contribution in [0, 0.1) is 0 Å². The monoisotopic (exact) mass is 346 g/mol. The molecule has 118 valence electrons. The van der Waals surface area contributed by atoms with Crippen molar-refractivity contribution in [3.63, 3.8) is 0 Å². The Morgan fingerprint density at radius 3 is 2.74 bits per heavy atom. The molecule has 1 aromatic carbocycles. The van der Waals surface area contributed by atoms with E-state index in [0.29, 0.717) is 14.4 Å². The molecule has 4 N–H and O–H groups in total. The molecule has 0 spiro atoms. The summed E-state index contributed by atoms with van der Waals surface area (Å²) in [4.78, 5) is 25.9. The zero-order valence-corrected chi connectivity index (χ0v) is 13.7. The highest BCUT2D eigenvalue weighted by atomic mass is 32.2. The third kappa shape index (κ3) is 3.25. The van der Waals surface area contributed by atoms with Crippen LogP contribution in [0.25, 0.3) is 10.2 Å². The largest absolute Gasteiger partial charge is 0.506 e. The molecule has 0 aliphatic rings. The van der Waals surface area contributed by atoms with E-state index in [1.165, 1.54) is 28.7 Å². The number of pyridine rings is 1. The zero-order valence-electron chi connectivity index (χ0n) is 12.0. The number of H-pyrrole nitrogens is 1. The molecule has 3 rings (SSSR count). The molecular formula is C16H14N2O3S2. The normalized spacial score (nSPS) is 11.0. The number of carbonyl (C=O) groups excluding carboxylic acids is 1. The molecule has 2 heterocycles. The van der Waals surface area contributed by atoms with Gasteiger partial charge in [0.2, 0.25) is 0 Å². The Morgan fingerprint density at radius 2 is 2.04 bits per heavy atom. The van der Waals surface area contributed by atoms with Crippen molar-refractivity contribution in [1.82, 2.24) is 4.98 Å². The quantitative estimate of drug-likeness (QED) is 0.619. The number of hydrogen-bond donors (Lipinski definition) is 3. The van der Waals surface area contributed by atoms with Gasteiger partial charge in [-0.1, -0.05) is 30.3 Å². The number of thiophene rings is 1. The number of aromatic hydroxyl groups is 1. The summed E-state index contributed by atoms with van der Waals surface area (Å²) in [5.74, 6) is 0.0214. The fourth-order valence-corrected chi connectivity index (χ4v) is 4.81. The van der Waals surface area contributed by atoms with E-state index in [0.717, 1.165) is 18.2 Å². The molecule has 1 amide bonds. The van der Waals surface area contributed by atoms with Crippen molar-refractivity contribution in [2.75, 3.05) is 5.75 Å². The summed E-state index contributed by atoms with van der Waals surface area (Å²) < 4.78 is 1.18. The standard InChI is InChI=1S/C16H14N2O3S2/c17-15(21)12-13-14(10(19)8-11(20)18-13)23-16(12)22-7-6-9-4-2-1-3-5-9/h1-5,8H,6-7H2,(H2,17,21)(H2,18,19,20). The molecular weight excluding hydrogens is 332 g/mol. The number of thioether (sulfide) groups is 1. The van der Waals surface area contributed by atoms with Gasteiger partial charge in [0.05, 0.1) is 20.0 Å². The van der Waals surface area contributed by atoms with Gasteiger partial charge in [-0.15, -0.1) is 23.1 Å². The first kappa shape index (κ1) is 15.6. The van der Waals surface area contributed by atoms with Gasteiger partial charge in [0.1, 0.15) is 5.75 Å². The number of primary amides is 1. The van der Waals surface area contributed by atoms with Gasteiger partial charge in [0, 0.05) is 11.8 Å². The third-order valence-electron chi connectivity index (χ3n) is 3.34. The maximum Gasteiger partial charge on any atom is 0.252 e. The number of aryl methyl sites for hydroxylation is 1. The van der Waals surface area contributed by atoms with E-state index in [1.807, 2.05) is 30.3 Å². The van der Waals surface area contributed by atoms with Gasteiger partial charge in [0.15, 0.2) is 0 Å². The molecule has 3 aromatic rings. The second kappa shape index (κ2) is 6.47. The molecule has 0 radical (unpaired) electrons. The third-order valence-corrected chi connectivity index (χ3v) is 5.82. The lowest BCUT2D eigenvalue weighted by Crippen LogP contribution is -2.13. The van der Waals surface area contributed by atoms with Crippen LogP contribution in [0.5, 0.6) is 5.75 Å². The number of fused-ring (bicyclic) bond motifs is 1. The van der Waals surface area contributed by atoms with E-state index in [-0.39, 0.29) is 11.3 Å². The molecule has 0 aliphatic carbocycles. The summed E-state index contributed by atoms with van der Waals surface area (Å²) in [7, 11) is 0. The van der Waals surface area contributed by atoms with Gasteiger partial charge in [-0.3, -0.25) is 9.59 Å². The van der Waals surface area contributed by atoms with E-state index < -0.39 is 11.5 Å². The fraction of sp³-hybridized carbons (Fsp3) is 0.125. The van der Waals surface area contributed by atoms with Gasteiger partial charge in [-0.2, -0.15) is 0 Å². The number of nitrogens with one attached hydrogen (secondary N) is 1. The molecule has 7 heteroatoms. The highest BCUT2D eigenvalue weighted by molar-refractivity contribution is 8.01. The summed E-state index contributed by atoms with van der Waals surface area (Å²) >= 11 is 2.76. The highest BCUT2D eigenvalue weighted by Gasteiger charge is 2.20. The number of hydrogen-bond acceptors (Lipinski definition) is 5. The van der Waals surface area contributed by atoms with Gasteiger partial charge in [0.25, 0.3) is 11.5 Å². The Labute approximate surface area is 140 Å². The highest BCUT2D eigenvalue weighted by Crippen LogP contribution is 2.40. The van der Waals surface area contributed by atoms with Gasteiger partial charge >= 0.3 is 0 Å². The first-order valence-corrected chi connectivity index (χ1v) is 8.72. The molecule has 0 unspecified atom stereocenters. The first-order chi connectivity index (χ1) is 11.1. The summed E-state index contributed by atoms with van der Waals surface area (Å²) in [6.07, 6.45) is 0.848. The van der Waals surface area contributed by atoms with E-state index >= 15 is 0 Å². The molecule has 0 atom stereocenters. The predicted molar refractivity (Wildman–Crippen MR) is 93.5 cm³/mol. The molecule has 0 fully saturated rings. The number of aromatic nitrogens is 1. The van der Waals surface area contributed by atoms with Crippen molar-refractivity contribution in [2.45, 2.75) is 10.6 Å². The lowest BCUT2D eigenvalue weighted by molar-refractivity contribution is 0.0999. The SMILES string of the molecule is NC(=O)c1c(SCCc2ccccc2)sc2c(O)cc(=O)[nH]c12. The van der Waals surface area contributed by atoms with Crippen molar-refractivity contribution in [3.8, 4) is 5.75 Å². The van der Waals surface area contributed by atoms with Crippen molar-refractivity contribution in [3.05, 3.63) is 57.9 Å². The predicted octanol–water partition coefficient (Wildman–Crippen LogP) is 2.73. The lowest BCUT2D eigenvalue weighted by Gasteiger charge is -2.02. The van der Waals surface area contributed by atoms with Crippen LogP contribution in [0.4, 0.5) is 0 Å². The molecule has 0 saturated heterocycles. The summed E-state index contributed by atoms with van der Waals surface area (Å²) in [6.45, 7) is 0. The van der Waals surface area contributed by atoms with E-state index in [4.69, 9.17) is 5.73 Å². The van der Waals surface area contributed by atoms with Crippen molar-refractivity contribution in [2.24, 2.45) is 5.73 Å². The van der Waals surface area contributed by atoms with Crippen LogP contribution in [0.15, 0.2) is 45.4 Å². The fourth-order valence-electron chi connectivity index (χ4n) is 2.29. The Hall–Kier alpha value is -2.25. The molecule has 23 heavy (non-hydrogen) atoms. The lowest BCUT2D eigenvalue weighted by atomic mass is 10.2. The van der Waals surface area contributed by atoms with Crippen molar-refractivity contribution in [1.29, 1.82) is 0 Å². The van der Waals surface area contributed by atoms with Crippen LogP contribution < -0.4 is 11.3 Å². The minimum Gasteiger partial charge on any atom is -0.506 e. The Balaban J connectivity index is 1.91. The topological polar surface area (TPSA) is 96.2 Å². The van der Waals surface area contributed by atoms with Crippen LogP contribution in [-0.2, 0) is 6.42 Å². The molecule has 0 saturated carbocycles. The first-order valence-electron chi connectivity index (χ1n) is 6.91. The van der Waals surface area contributed by atoms with Crippen molar-refractivity contribution < 1.29 is 9.90 Å². The smallest absolute Gasteiger partial charge is 0.252 e. The average molecular weight is 346 g/mol. The second-order valence-electron chi connectivity index (χ2n) is 4.94.